The van der Waals surface area contributed by atoms with E-state index >= 15 is 0 Å². The molecule has 17 heavy (non-hydrogen) atoms. The van der Waals surface area contributed by atoms with E-state index in [4.69, 9.17) is 0 Å². The number of rotatable bonds is 3. The number of hydrogen-bond donors (Lipinski definition) is 1. The van der Waals surface area contributed by atoms with Gasteiger partial charge in [0.05, 0.1) is 0 Å². The molecule has 1 saturated heterocycles. The molecule has 1 atom stereocenters. The minimum atomic E-state index is 0.242. The smallest absolute Gasteiger partial charge is 0.0499 e. The van der Waals surface area contributed by atoms with Crippen LogP contribution < -0.4 is 0 Å². The predicted molar refractivity (Wildman–Crippen MR) is 72.1 cm³/mol. The largest absolute Gasteiger partial charge is 0.396 e. The molecule has 1 unspecified atom stereocenters. The van der Waals surface area contributed by atoms with E-state index < -0.39 is 0 Å². The van der Waals surface area contributed by atoms with E-state index in [9.17, 15) is 5.11 Å². The average Bonchev–Trinajstić information content (AvgIpc) is 2.56. The lowest BCUT2D eigenvalue weighted by Gasteiger charge is -2.39. The zero-order valence-corrected chi connectivity index (χ0v) is 11.5. The molecule has 2 fully saturated rings. The van der Waals surface area contributed by atoms with E-state index in [1.807, 2.05) is 0 Å². The van der Waals surface area contributed by atoms with Crippen molar-refractivity contribution < 1.29 is 5.11 Å². The molecule has 1 heterocycles. The van der Waals surface area contributed by atoms with Crippen molar-refractivity contribution in [2.24, 2.45) is 11.3 Å². The lowest BCUT2D eigenvalue weighted by atomic mass is 9.74. The quantitative estimate of drug-likeness (QED) is 0.818. The number of aliphatic hydroxyl groups is 1. The van der Waals surface area contributed by atoms with Crippen LogP contribution in [0.15, 0.2) is 0 Å². The first-order chi connectivity index (χ1) is 8.24. The van der Waals surface area contributed by atoms with E-state index in [1.165, 1.54) is 64.5 Å². The van der Waals surface area contributed by atoms with Crippen LogP contribution in [0.3, 0.4) is 0 Å². The highest BCUT2D eigenvalue weighted by molar-refractivity contribution is 4.86. The molecule has 0 amide bonds. The predicted octanol–water partition coefficient (Wildman–Crippen LogP) is 3.05. The third kappa shape index (κ3) is 3.69. The average molecular weight is 239 g/mol. The second kappa shape index (κ2) is 6.19. The molecule has 2 aliphatic rings. The fourth-order valence-corrected chi connectivity index (χ4v) is 3.62. The van der Waals surface area contributed by atoms with Crippen molar-refractivity contribution in [3.05, 3.63) is 0 Å². The monoisotopic (exact) mass is 239 g/mol. The second-order valence-corrected chi connectivity index (χ2v) is 6.53. The summed E-state index contributed by atoms with van der Waals surface area (Å²) in [6, 6.07) is 0. The van der Waals surface area contributed by atoms with Crippen LogP contribution in [-0.4, -0.2) is 36.2 Å². The molecule has 100 valence electrons. The van der Waals surface area contributed by atoms with Crippen LogP contribution in [0.4, 0.5) is 0 Å². The van der Waals surface area contributed by atoms with Gasteiger partial charge in [-0.2, -0.15) is 0 Å². The summed E-state index contributed by atoms with van der Waals surface area (Å²) in [7, 11) is 0. The van der Waals surface area contributed by atoms with Crippen molar-refractivity contribution in [2.45, 2.75) is 58.3 Å². The van der Waals surface area contributed by atoms with Crippen LogP contribution in [-0.2, 0) is 0 Å². The maximum Gasteiger partial charge on any atom is 0.0499 e. The topological polar surface area (TPSA) is 23.5 Å². The zero-order valence-electron chi connectivity index (χ0n) is 11.5. The Kier molecular flexibility index (Phi) is 4.87. The van der Waals surface area contributed by atoms with Gasteiger partial charge in [0.1, 0.15) is 0 Å². The maximum atomic E-state index is 9.77. The highest BCUT2D eigenvalue weighted by atomic mass is 16.3. The molecule has 1 N–H and O–H groups in total. The first-order valence-electron chi connectivity index (χ1n) is 7.57. The molecule has 0 aromatic carbocycles. The Bertz CT molecular complexity index is 223. The molecular weight excluding hydrogens is 210 g/mol. The molecule has 0 spiro atoms. The van der Waals surface area contributed by atoms with Gasteiger partial charge in [0.15, 0.2) is 0 Å². The van der Waals surface area contributed by atoms with Crippen LogP contribution in [0.5, 0.6) is 0 Å². The number of nitrogens with zero attached hydrogens (tertiary/aromatic N) is 1. The van der Waals surface area contributed by atoms with Crippen molar-refractivity contribution in [1.29, 1.82) is 0 Å². The molecular formula is C15H29NO. The highest BCUT2D eigenvalue weighted by Gasteiger charge is 2.33. The third-order valence-corrected chi connectivity index (χ3v) is 4.92. The summed E-state index contributed by atoms with van der Waals surface area (Å²) in [5.74, 6) is 0.899. The van der Waals surface area contributed by atoms with Gasteiger partial charge in [0.25, 0.3) is 0 Å². The zero-order chi connectivity index (χ0) is 12.1. The Balaban J connectivity index is 1.88. The van der Waals surface area contributed by atoms with Crippen molar-refractivity contribution >= 4 is 0 Å². The van der Waals surface area contributed by atoms with Crippen LogP contribution in [0, 0.1) is 11.3 Å². The lowest BCUT2D eigenvalue weighted by molar-refractivity contribution is 0.0412. The van der Waals surface area contributed by atoms with Gasteiger partial charge in [-0.1, -0.05) is 26.2 Å². The van der Waals surface area contributed by atoms with Crippen molar-refractivity contribution in [3.8, 4) is 0 Å². The minimum absolute atomic E-state index is 0.242. The van der Waals surface area contributed by atoms with Crippen LogP contribution >= 0.6 is 0 Å². The Hall–Kier alpha value is -0.0800. The van der Waals surface area contributed by atoms with Gasteiger partial charge in [0, 0.05) is 18.6 Å². The molecule has 2 rings (SSSR count). The first-order valence-corrected chi connectivity index (χ1v) is 7.57. The molecule has 2 heteroatoms. The van der Waals surface area contributed by atoms with Gasteiger partial charge in [-0.3, -0.25) is 0 Å². The molecule has 0 aromatic rings. The van der Waals surface area contributed by atoms with Gasteiger partial charge in [-0.15, -0.1) is 0 Å². The fourth-order valence-electron chi connectivity index (χ4n) is 3.62. The molecule has 1 aliphatic heterocycles. The molecule has 0 aromatic heterocycles. The van der Waals surface area contributed by atoms with Crippen molar-refractivity contribution in [2.75, 3.05) is 26.2 Å². The minimum Gasteiger partial charge on any atom is -0.396 e. The summed E-state index contributed by atoms with van der Waals surface area (Å²) in [5, 5.41) is 9.77. The Morgan fingerprint density at radius 2 is 1.82 bits per heavy atom. The molecule has 1 saturated carbocycles. The normalized spacial score (nSPS) is 31.1. The summed E-state index contributed by atoms with van der Waals surface area (Å²) in [4.78, 5) is 2.63. The van der Waals surface area contributed by atoms with Crippen LogP contribution in [0.2, 0.25) is 0 Å². The molecule has 1 aliphatic carbocycles. The summed E-state index contributed by atoms with van der Waals surface area (Å²) >= 11 is 0. The molecule has 0 radical (unpaired) electrons. The van der Waals surface area contributed by atoms with E-state index in [-0.39, 0.29) is 5.41 Å². The molecule has 2 nitrogen and oxygen atoms in total. The molecule has 0 bridgehead atoms. The Morgan fingerprint density at radius 3 is 2.53 bits per heavy atom. The summed E-state index contributed by atoms with van der Waals surface area (Å²) in [6.07, 6.45) is 10.6. The van der Waals surface area contributed by atoms with E-state index in [2.05, 4.69) is 11.8 Å². The Labute approximate surface area is 106 Å². The number of hydrogen-bond acceptors (Lipinski definition) is 2. The van der Waals surface area contributed by atoms with E-state index in [1.54, 1.807) is 0 Å². The van der Waals surface area contributed by atoms with Crippen LogP contribution in [0.25, 0.3) is 0 Å². The summed E-state index contributed by atoms with van der Waals surface area (Å²) < 4.78 is 0. The van der Waals surface area contributed by atoms with Gasteiger partial charge < -0.3 is 10.0 Å². The number of aliphatic hydroxyl groups excluding tert-OH is 1. The van der Waals surface area contributed by atoms with Crippen LogP contribution in [0.1, 0.15) is 58.3 Å². The number of likely N-dealkylation sites (tertiary alicyclic amines) is 1. The van der Waals surface area contributed by atoms with Gasteiger partial charge >= 0.3 is 0 Å². The standard InChI is InChI=1S/C15H29NO/c1-14-6-5-10-16(11-7-14)12-15(13-17)8-3-2-4-9-15/h14,17H,2-13H2,1H3. The van der Waals surface area contributed by atoms with Crippen molar-refractivity contribution in [1.82, 2.24) is 4.90 Å². The highest BCUT2D eigenvalue weighted by Crippen LogP contribution is 2.37. The lowest BCUT2D eigenvalue weighted by Crippen LogP contribution is -2.42. The Morgan fingerprint density at radius 1 is 1.06 bits per heavy atom. The maximum absolute atomic E-state index is 9.77. The fraction of sp³-hybridized carbons (Fsp3) is 1.00. The summed E-state index contributed by atoms with van der Waals surface area (Å²) in [6.45, 7) is 6.44. The third-order valence-electron chi connectivity index (χ3n) is 4.92. The van der Waals surface area contributed by atoms with Crippen molar-refractivity contribution in [3.63, 3.8) is 0 Å². The SMILES string of the molecule is CC1CCCN(CC2(CO)CCCCC2)CC1. The van der Waals surface area contributed by atoms with Gasteiger partial charge in [0.2, 0.25) is 0 Å². The van der Waals surface area contributed by atoms with E-state index in [0.29, 0.717) is 6.61 Å². The summed E-state index contributed by atoms with van der Waals surface area (Å²) in [5.41, 5.74) is 0.242. The van der Waals surface area contributed by atoms with Gasteiger partial charge in [-0.25, -0.2) is 0 Å². The first kappa shape index (κ1) is 13.4. The second-order valence-electron chi connectivity index (χ2n) is 6.53. The van der Waals surface area contributed by atoms with Gasteiger partial charge in [-0.05, 0) is 51.1 Å². The van der Waals surface area contributed by atoms with E-state index in [0.717, 1.165) is 12.5 Å².